The number of carbonyl (C=O) groups is 1. The lowest BCUT2D eigenvalue weighted by Crippen LogP contribution is -2.57. The van der Waals surface area contributed by atoms with Crippen molar-refractivity contribution in [3.8, 4) is 11.5 Å². The minimum absolute atomic E-state index is 0.0687. The molecule has 11 heteroatoms. The van der Waals surface area contributed by atoms with Gasteiger partial charge in [-0.3, -0.25) is 19.3 Å². The summed E-state index contributed by atoms with van der Waals surface area (Å²) in [6.07, 6.45) is -3.45. The van der Waals surface area contributed by atoms with Gasteiger partial charge in [-0.25, -0.2) is 0 Å². The highest BCUT2D eigenvalue weighted by atomic mass is 32.2. The van der Waals surface area contributed by atoms with Crippen LogP contribution >= 0.6 is 11.8 Å². The molecule has 0 radical (unpaired) electrons. The van der Waals surface area contributed by atoms with Crippen molar-refractivity contribution in [2.75, 3.05) is 11.7 Å². The summed E-state index contributed by atoms with van der Waals surface area (Å²) < 4.78 is 44.8. The first-order valence-electron chi connectivity index (χ1n) is 11.2. The van der Waals surface area contributed by atoms with E-state index in [-0.39, 0.29) is 24.2 Å². The molecule has 0 saturated heterocycles. The van der Waals surface area contributed by atoms with Crippen LogP contribution in [0, 0.1) is 0 Å². The number of thioether (sulfide) groups is 1. The van der Waals surface area contributed by atoms with Gasteiger partial charge in [0.1, 0.15) is 12.4 Å². The zero-order chi connectivity index (χ0) is 25.8. The van der Waals surface area contributed by atoms with Gasteiger partial charge in [0.15, 0.2) is 11.4 Å². The van der Waals surface area contributed by atoms with Crippen molar-refractivity contribution in [3.63, 3.8) is 0 Å². The van der Waals surface area contributed by atoms with Gasteiger partial charge in [0.2, 0.25) is 5.43 Å². The number of aromatic hydroxyl groups is 1. The van der Waals surface area contributed by atoms with Crippen molar-refractivity contribution in [1.29, 1.82) is 0 Å². The molecule has 2 aliphatic rings. The molecule has 188 valence electrons. The zero-order valence-electron chi connectivity index (χ0n) is 19.3. The van der Waals surface area contributed by atoms with E-state index in [1.165, 1.54) is 39.7 Å². The average Bonchev–Trinajstić information content (AvgIpc) is 2.97. The lowest BCUT2D eigenvalue weighted by molar-refractivity contribution is -0.274. The molecule has 1 unspecified atom stereocenters. The zero-order valence-corrected chi connectivity index (χ0v) is 20.1. The van der Waals surface area contributed by atoms with Crippen LogP contribution < -0.4 is 15.2 Å². The first-order valence-corrected chi connectivity index (χ1v) is 12.2. The van der Waals surface area contributed by atoms with Crippen LogP contribution in [0.4, 0.5) is 13.2 Å². The van der Waals surface area contributed by atoms with Gasteiger partial charge in [-0.15, -0.1) is 24.9 Å². The number of alkyl halides is 3. The second-order valence-electron chi connectivity index (χ2n) is 8.81. The predicted octanol–water partition coefficient (Wildman–Crippen LogP) is 4.61. The molecule has 36 heavy (non-hydrogen) atoms. The Morgan fingerprint density at radius 1 is 1.08 bits per heavy atom. The molecule has 2 aromatic carbocycles. The third kappa shape index (κ3) is 4.17. The van der Waals surface area contributed by atoms with Gasteiger partial charge in [-0.2, -0.15) is 0 Å². The standard InChI is InChI=1S/C25H22F3N3O4S/c1-14(2)29-13-31(30-10-9-19(32)23(33)22(30)24(29)34)21-17-6-4-3-5-15(17)12-36-20-8-7-16(11-18(20)21)35-25(26,27)28/h3-11,14,21,33H,12-13H2,1-2H3. The Morgan fingerprint density at radius 2 is 1.83 bits per heavy atom. The topological polar surface area (TPSA) is 75.0 Å². The lowest BCUT2D eigenvalue weighted by atomic mass is 9.94. The number of hydrogen-bond acceptors (Lipinski definition) is 6. The number of pyridine rings is 1. The molecule has 2 aliphatic heterocycles. The number of nitrogens with zero attached hydrogens (tertiary/aromatic N) is 3. The molecule has 1 atom stereocenters. The van der Waals surface area contributed by atoms with E-state index in [1.54, 1.807) is 11.1 Å². The van der Waals surface area contributed by atoms with Crippen molar-refractivity contribution in [3.05, 3.63) is 87.3 Å². The predicted molar refractivity (Wildman–Crippen MR) is 128 cm³/mol. The molecular formula is C25H22F3N3O4S. The number of amides is 1. The highest BCUT2D eigenvalue weighted by molar-refractivity contribution is 7.98. The Hall–Kier alpha value is -3.60. The van der Waals surface area contributed by atoms with Crippen molar-refractivity contribution in [1.82, 2.24) is 9.58 Å². The maximum Gasteiger partial charge on any atom is 0.573 e. The third-order valence-electron chi connectivity index (χ3n) is 6.26. The molecule has 7 nitrogen and oxygen atoms in total. The SMILES string of the molecule is CC(C)N1CN(C2c3ccccc3CSc3ccc(OC(F)(F)F)cc32)n2ccc(=O)c(O)c2C1=O. The summed E-state index contributed by atoms with van der Waals surface area (Å²) in [5.41, 5.74) is 1.46. The van der Waals surface area contributed by atoms with Crippen LogP contribution in [0.2, 0.25) is 0 Å². The molecule has 0 aliphatic carbocycles. The minimum Gasteiger partial charge on any atom is -0.502 e. The lowest BCUT2D eigenvalue weighted by Gasteiger charge is -2.45. The van der Waals surface area contributed by atoms with Crippen LogP contribution in [0.5, 0.6) is 11.5 Å². The van der Waals surface area contributed by atoms with Crippen molar-refractivity contribution in [2.24, 2.45) is 0 Å². The maximum absolute atomic E-state index is 13.3. The number of carbonyl (C=O) groups excluding carboxylic acids is 1. The van der Waals surface area contributed by atoms with Gasteiger partial charge in [0.05, 0.1) is 6.04 Å². The van der Waals surface area contributed by atoms with E-state index < -0.39 is 29.5 Å². The summed E-state index contributed by atoms with van der Waals surface area (Å²) >= 11 is 1.49. The second kappa shape index (κ2) is 8.81. The summed E-state index contributed by atoms with van der Waals surface area (Å²) in [7, 11) is 0. The minimum atomic E-state index is -4.86. The van der Waals surface area contributed by atoms with E-state index >= 15 is 0 Å². The van der Waals surface area contributed by atoms with Gasteiger partial charge >= 0.3 is 6.36 Å². The Balaban J connectivity index is 1.77. The molecule has 0 spiro atoms. The fourth-order valence-electron chi connectivity index (χ4n) is 4.60. The molecule has 5 rings (SSSR count). The van der Waals surface area contributed by atoms with Crippen LogP contribution in [-0.2, 0) is 5.75 Å². The molecule has 1 N–H and O–H groups in total. The molecule has 3 heterocycles. The number of halogens is 3. The van der Waals surface area contributed by atoms with Crippen LogP contribution in [-0.4, -0.2) is 39.7 Å². The summed E-state index contributed by atoms with van der Waals surface area (Å²) in [6.45, 7) is 3.69. The van der Waals surface area contributed by atoms with Gasteiger partial charge in [0, 0.05) is 29.0 Å². The van der Waals surface area contributed by atoms with Crippen LogP contribution in [0.15, 0.2) is 64.4 Å². The van der Waals surface area contributed by atoms with Gasteiger partial charge in [-0.1, -0.05) is 24.3 Å². The van der Waals surface area contributed by atoms with Gasteiger partial charge < -0.3 is 14.7 Å². The first-order chi connectivity index (χ1) is 17.0. The number of ether oxygens (including phenoxy) is 1. The summed E-state index contributed by atoms with van der Waals surface area (Å²) in [4.78, 5) is 27.8. The van der Waals surface area contributed by atoms with Gasteiger partial charge in [0.25, 0.3) is 5.91 Å². The van der Waals surface area contributed by atoms with E-state index in [2.05, 4.69) is 4.74 Å². The van der Waals surface area contributed by atoms with Crippen LogP contribution in [0.3, 0.4) is 0 Å². The smallest absolute Gasteiger partial charge is 0.502 e. The van der Waals surface area contributed by atoms with E-state index in [9.17, 15) is 27.9 Å². The molecule has 3 aromatic rings. The molecular weight excluding hydrogens is 495 g/mol. The Morgan fingerprint density at radius 3 is 2.56 bits per heavy atom. The summed E-state index contributed by atoms with van der Waals surface area (Å²) in [6, 6.07) is 12.0. The number of aromatic nitrogens is 1. The number of hydrogen-bond donors (Lipinski definition) is 1. The average molecular weight is 518 g/mol. The fourth-order valence-corrected chi connectivity index (χ4v) is 5.68. The number of benzene rings is 2. The van der Waals surface area contributed by atoms with Gasteiger partial charge in [-0.05, 0) is 48.7 Å². The quantitative estimate of drug-likeness (QED) is 0.547. The maximum atomic E-state index is 13.3. The molecule has 0 fully saturated rings. The molecule has 1 aromatic heterocycles. The summed E-state index contributed by atoms with van der Waals surface area (Å²) in [5.74, 6) is -0.962. The third-order valence-corrected chi connectivity index (χ3v) is 7.39. The van der Waals surface area contributed by atoms with E-state index in [0.717, 1.165) is 22.1 Å². The molecule has 0 saturated carbocycles. The van der Waals surface area contributed by atoms with Crippen molar-refractivity contribution >= 4 is 17.7 Å². The summed E-state index contributed by atoms with van der Waals surface area (Å²) in [5, 5.41) is 12.4. The van der Waals surface area contributed by atoms with E-state index in [1.807, 2.05) is 38.1 Å². The van der Waals surface area contributed by atoms with Crippen molar-refractivity contribution < 1.29 is 27.8 Å². The molecule has 0 bridgehead atoms. The second-order valence-corrected chi connectivity index (χ2v) is 9.83. The first kappa shape index (κ1) is 24.1. The van der Waals surface area contributed by atoms with Crippen LogP contribution in [0.1, 0.15) is 47.1 Å². The highest BCUT2D eigenvalue weighted by Crippen LogP contribution is 2.44. The highest BCUT2D eigenvalue weighted by Gasteiger charge is 2.40. The normalized spacial score (nSPS) is 17.4. The fraction of sp³-hybridized carbons (Fsp3) is 0.280. The Bertz CT molecular complexity index is 1410. The largest absolute Gasteiger partial charge is 0.573 e. The van der Waals surface area contributed by atoms with E-state index in [4.69, 9.17) is 0 Å². The van der Waals surface area contributed by atoms with Crippen LogP contribution in [0.25, 0.3) is 0 Å². The number of fused-ring (bicyclic) bond motifs is 3. The Labute approximate surface area is 208 Å². The molecule has 1 amide bonds. The van der Waals surface area contributed by atoms with Crippen molar-refractivity contribution in [2.45, 2.75) is 42.9 Å². The Kier molecular flexibility index (Phi) is 5.90. The monoisotopic (exact) mass is 517 g/mol. The van der Waals surface area contributed by atoms with E-state index in [0.29, 0.717) is 11.3 Å². The number of rotatable bonds is 3.